The van der Waals surface area contributed by atoms with Crippen LogP contribution in [-0.2, 0) is 0 Å². The predicted octanol–water partition coefficient (Wildman–Crippen LogP) is 2.69. The van der Waals surface area contributed by atoms with Crippen LogP contribution in [-0.4, -0.2) is 15.1 Å². The Balaban J connectivity index is 1.99. The van der Waals surface area contributed by atoms with Crippen molar-refractivity contribution in [1.29, 1.82) is 0 Å². The molecule has 0 bridgehead atoms. The van der Waals surface area contributed by atoms with Crippen LogP contribution in [0.5, 0.6) is 0 Å². The summed E-state index contributed by atoms with van der Waals surface area (Å²) < 4.78 is 5.21. The van der Waals surface area contributed by atoms with Gasteiger partial charge in [0.25, 0.3) is 5.89 Å². The van der Waals surface area contributed by atoms with Crippen LogP contribution in [0.25, 0.3) is 23.0 Å². The molecule has 0 fully saturated rings. The lowest BCUT2D eigenvalue weighted by Gasteiger charge is -2.00. The van der Waals surface area contributed by atoms with Crippen molar-refractivity contribution in [2.75, 3.05) is 5.73 Å². The van der Waals surface area contributed by atoms with Crippen LogP contribution >= 0.6 is 0 Å². The SMILES string of the molecule is Cc1ccc(-c2noc(-c3ccccn3)n2)cc1N. The van der Waals surface area contributed by atoms with Crippen molar-refractivity contribution < 1.29 is 4.52 Å². The Morgan fingerprint density at radius 2 is 2.05 bits per heavy atom. The van der Waals surface area contributed by atoms with Gasteiger partial charge < -0.3 is 10.3 Å². The number of aryl methyl sites for hydroxylation is 1. The van der Waals surface area contributed by atoms with Gasteiger partial charge in [-0.2, -0.15) is 4.98 Å². The molecule has 0 saturated carbocycles. The van der Waals surface area contributed by atoms with Gasteiger partial charge in [0, 0.05) is 17.4 Å². The zero-order chi connectivity index (χ0) is 13.2. The largest absolute Gasteiger partial charge is 0.398 e. The Morgan fingerprint density at radius 1 is 1.16 bits per heavy atom. The highest BCUT2D eigenvalue weighted by Crippen LogP contribution is 2.23. The van der Waals surface area contributed by atoms with Gasteiger partial charge >= 0.3 is 0 Å². The summed E-state index contributed by atoms with van der Waals surface area (Å²) in [7, 11) is 0. The monoisotopic (exact) mass is 252 g/mol. The molecule has 2 N–H and O–H groups in total. The van der Waals surface area contributed by atoms with E-state index in [1.807, 2.05) is 43.3 Å². The highest BCUT2D eigenvalue weighted by molar-refractivity contribution is 5.64. The molecule has 2 aromatic heterocycles. The molecule has 0 aliphatic carbocycles. The summed E-state index contributed by atoms with van der Waals surface area (Å²) in [5, 5.41) is 3.95. The molecule has 94 valence electrons. The van der Waals surface area contributed by atoms with E-state index >= 15 is 0 Å². The molecule has 0 aliphatic heterocycles. The van der Waals surface area contributed by atoms with Gasteiger partial charge in [-0.3, -0.25) is 4.98 Å². The third-order valence-electron chi connectivity index (χ3n) is 2.85. The molecule has 1 aromatic carbocycles. The summed E-state index contributed by atoms with van der Waals surface area (Å²) >= 11 is 0. The van der Waals surface area contributed by atoms with Gasteiger partial charge in [0.2, 0.25) is 5.82 Å². The number of hydrogen-bond donors (Lipinski definition) is 1. The minimum absolute atomic E-state index is 0.398. The molecule has 0 spiro atoms. The van der Waals surface area contributed by atoms with Crippen LogP contribution in [0.3, 0.4) is 0 Å². The minimum atomic E-state index is 0.398. The first-order valence-electron chi connectivity index (χ1n) is 5.85. The Labute approximate surface area is 110 Å². The number of pyridine rings is 1. The van der Waals surface area contributed by atoms with Gasteiger partial charge in [0.1, 0.15) is 5.69 Å². The topological polar surface area (TPSA) is 77.8 Å². The molecule has 0 amide bonds. The smallest absolute Gasteiger partial charge is 0.276 e. The molecular formula is C14H12N4O. The van der Waals surface area contributed by atoms with E-state index in [-0.39, 0.29) is 0 Å². The summed E-state index contributed by atoms with van der Waals surface area (Å²) in [5.41, 5.74) is 9.09. The van der Waals surface area contributed by atoms with Crippen LogP contribution in [0.2, 0.25) is 0 Å². The maximum absolute atomic E-state index is 5.88. The van der Waals surface area contributed by atoms with E-state index in [0.29, 0.717) is 23.1 Å². The molecule has 0 aliphatic rings. The summed E-state index contributed by atoms with van der Waals surface area (Å²) in [6.45, 7) is 1.95. The molecule has 0 radical (unpaired) electrons. The fourth-order valence-corrected chi connectivity index (χ4v) is 1.71. The zero-order valence-corrected chi connectivity index (χ0v) is 10.4. The molecule has 3 rings (SSSR count). The molecule has 5 nitrogen and oxygen atoms in total. The summed E-state index contributed by atoms with van der Waals surface area (Å²) in [5.74, 6) is 0.905. The minimum Gasteiger partial charge on any atom is -0.398 e. The van der Waals surface area contributed by atoms with Crippen molar-refractivity contribution in [2.24, 2.45) is 0 Å². The number of anilines is 1. The average molecular weight is 252 g/mol. The van der Waals surface area contributed by atoms with E-state index in [4.69, 9.17) is 10.3 Å². The van der Waals surface area contributed by atoms with Crippen LogP contribution in [0.15, 0.2) is 47.1 Å². The second kappa shape index (κ2) is 4.53. The number of nitrogens with zero attached hydrogens (tertiary/aromatic N) is 3. The Kier molecular flexibility index (Phi) is 2.72. The molecule has 19 heavy (non-hydrogen) atoms. The maximum Gasteiger partial charge on any atom is 0.276 e. The molecular weight excluding hydrogens is 240 g/mol. The van der Waals surface area contributed by atoms with E-state index in [1.54, 1.807) is 6.20 Å². The summed E-state index contributed by atoms with van der Waals surface area (Å²) in [6, 6.07) is 11.2. The van der Waals surface area contributed by atoms with Crippen molar-refractivity contribution in [2.45, 2.75) is 6.92 Å². The van der Waals surface area contributed by atoms with Gasteiger partial charge in [-0.1, -0.05) is 23.4 Å². The number of benzene rings is 1. The molecule has 3 aromatic rings. The number of nitrogens with two attached hydrogens (primary N) is 1. The van der Waals surface area contributed by atoms with Crippen LogP contribution < -0.4 is 5.73 Å². The lowest BCUT2D eigenvalue weighted by Crippen LogP contribution is -1.90. The molecule has 0 unspecified atom stereocenters. The van der Waals surface area contributed by atoms with Crippen molar-refractivity contribution in [3.05, 3.63) is 48.2 Å². The average Bonchev–Trinajstić information content (AvgIpc) is 2.93. The Morgan fingerprint density at radius 3 is 2.79 bits per heavy atom. The van der Waals surface area contributed by atoms with Crippen LogP contribution in [0.1, 0.15) is 5.56 Å². The quantitative estimate of drug-likeness (QED) is 0.709. The molecule has 5 heteroatoms. The van der Waals surface area contributed by atoms with Crippen molar-refractivity contribution >= 4 is 5.69 Å². The predicted molar refractivity (Wildman–Crippen MR) is 72.1 cm³/mol. The second-order valence-electron chi connectivity index (χ2n) is 4.21. The fourth-order valence-electron chi connectivity index (χ4n) is 1.71. The van der Waals surface area contributed by atoms with E-state index in [0.717, 1.165) is 11.1 Å². The van der Waals surface area contributed by atoms with E-state index in [1.165, 1.54) is 0 Å². The Bertz CT molecular complexity index is 706. The first kappa shape index (κ1) is 11.4. The number of nitrogen functional groups attached to an aromatic ring is 1. The van der Waals surface area contributed by atoms with Gasteiger partial charge in [0.05, 0.1) is 0 Å². The zero-order valence-electron chi connectivity index (χ0n) is 10.4. The second-order valence-corrected chi connectivity index (χ2v) is 4.21. The standard InChI is InChI=1S/C14H12N4O/c1-9-5-6-10(8-11(9)15)13-17-14(19-18-13)12-4-2-3-7-16-12/h2-8H,15H2,1H3. The van der Waals surface area contributed by atoms with Crippen molar-refractivity contribution in [3.8, 4) is 23.0 Å². The third kappa shape index (κ3) is 2.18. The highest BCUT2D eigenvalue weighted by atomic mass is 16.5. The van der Waals surface area contributed by atoms with Crippen molar-refractivity contribution in [3.63, 3.8) is 0 Å². The first-order valence-corrected chi connectivity index (χ1v) is 5.85. The van der Waals surface area contributed by atoms with Gasteiger partial charge in [0.15, 0.2) is 0 Å². The highest BCUT2D eigenvalue weighted by Gasteiger charge is 2.11. The van der Waals surface area contributed by atoms with Crippen LogP contribution in [0, 0.1) is 6.92 Å². The lowest BCUT2D eigenvalue weighted by atomic mass is 10.1. The number of aromatic nitrogens is 3. The maximum atomic E-state index is 5.88. The van der Waals surface area contributed by atoms with Gasteiger partial charge in [-0.15, -0.1) is 0 Å². The van der Waals surface area contributed by atoms with E-state index in [9.17, 15) is 0 Å². The van der Waals surface area contributed by atoms with Crippen molar-refractivity contribution in [1.82, 2.24) is 15.1 Å². The van der Waals surface area contributed by atoms with E-state index < -0.39 is 0 Å². The van der Waals surface area contributed by atoms with Crippen LogP contribution in [0.4, 0.5) is 5.69 Å². The fraction of sp³-hybridized carbons (Fsp3) is 0.0714. The molecule has 0 atom stereocenters. The summed E-state index contributed by atoms with van der Waals surface area (Å²) in [6.07, 6.45) is 1.68. The van der Waals surface area contributed by atoms with Gasteiger partial charge in [-0.25, -0.2) is 0 Å². The first-order chi connectivity index (χ1) is 9.24. The normalized spacial score (nSPS) is 10.6. The number of hydrogen-bond acceptors (Lipinski definition) is 5. The number of rotatable bonds is 2. The Hall–Kier alpha value is -2.69. The summed E-state index contributed by atoms with van der Waals surface area (Å²) in [4.78, 5) is 8.49. The van der Waals surface area contributed by atoms with Gasteiger partial charge in [-0.05, 0) is 30.7 Å². The molecule has 0 saturated heterocycles. The lowest BCUT2D eigenvalue weighted by molar-refractivity contribution is 0.431. The molecule has 2 heterocycles. The van der Waals surface area contributed by atoms with E-state index in [2.05, 4.69) is 15.1 Å². The third-order valence-corrected chi connectivity index (χ3v) is 2.85.